The Hall–Kier alpha value is -2.33. The molecule has 3 nitrogen and oxygen atoms in total. The lowest BCUT2D eigenvalue weighted by atomic mass is 10.2. The third-order valence-corrected chi connectivity index (χ3v) is 4.58. The zero-order valence-corrected chi connectivity index (χ0v) is 14.3. The fraction of sp³-hybridized carbons (Fsp3) is 0.211. The molecule has 0 aliphatic carbocycles. The highest BCUT2D eigenvalue weighted by Gasteiger charge is 2.05. The smallest absolute Gasteiger partial charge is 0.187 e. The maximum absolute atomic E-state index is 4.66. The Kier molecular flexibility index (Phi) is 4.93. The Balaban J connectivity index is 1.72. The third-order valence-electron chi connectivity index (χ3n) is 3.82. The molecule has 0 radical (unpaired) electrons. The van der Waals surface area contributed by atoms with Crippen LogP contribution < -0.4 is 10.2 Å². The highest BCUT2D eigenvalue weighted by Crippen LogP contribution is 2.27. The molecule has 0 spiro atoms. The van der Waals surface area contributed by atoms with Gasteiger partial charge in [-0.3, -0.25) is 0 Å². The second-order valence-electron chi connectivity index (χ2n) is 5.25. The Morgan fingerprint density at radius 3 is 2.30 bits per heavy atom. The normalized spacial score (nSPS) is 10.5. The molecule has 23 heavy (non-hydrogen) atoms. The van der Waals surface area contributed by atoms with Crippen LogP contribution in [-0.4, -0.2) is 18.1 Å². The van der Waals surface area contributed by atoms with Crippen molar-refractivity contribution in [3.05, 3.63) is 60.0 Å². The second-order valence-corrected chi connectivity index (χ2v) is 6.11. The number of benzene rings is 2. The molecule has 2 aromatic carbocycles. The van der Waals surface area contributed by atoms with Gasteiger partial charge in [0.15, 0.2) is 5.13 Å². The third kappa shape index (κ3) is 3.71. The van der Waals surface area contributed by atoms with E-state index in [0.717, 1.165) is 35.2 Å². The highest BCUT2D eigenvalue weighted by atomic mass is 32.1. The van der Waals surface area contributed by atoms with Gasteiger partial charge in [0.1, 0.15) is 0 Å². The van der Waals surface area contributed by atoms with E-state index in [1.165, 1.54) is 5.69 Å². The van der Waals surface area contributed by atoms with Crippen LogP contribution >= 0.6 is 11.3 Å². The van der Waals surface area contributed by atoms with Gasteiger partial charge in [-0.1, -0.05) is 30.3 Å². The average Bonchev–Trinajstić information content (AvgIpc) is 3.07. The van der Waals surface area contributed by atoms with Crippen molar-refractivity contribution in [1.29, 1.82) is 0 Å². The van der Waals surface area contributed by atoms with E-state index >= 15 is 0 Å². The van der Waals surface area contributed by atoms with Crippen molar-refractivity contribution in [1.82, 2.24) is 4.98 Å². The van der Waals surface area contributed by atoms with E-state index in [4.69, 9.17) is 0 Å². The van der Waals surface area contributed by atoms with E-state index in [1.54, 1.807) is 11.3 Å². The van der Waals surface area contributed by atoms with E-state index in [-0.39, 0.29) is 0 Å². The Labute approximate surface area is 141 Å². The summed E-state index contributed by atoms with van der Waals surface area (Å²) in [6, 6.07) is 18.8. The van der Waals surface area contributed by atoms with Crippen molar-refractivity contribution in [2.75, 3.05) is 23.3 Å². The SMILES string of the molecule is CCN(CC)c1ccc(Nc2nc(-c3ccccc3)cs2)cc1. The summed E-state index contributed by atoms with van der Waals surface area (Å²) in [4.78, 5) is 7.00. The molecule has 0 fully saturated rings. The summed E-state index contributed by atoms with van der Waals surface area (Å²) >= 11 is 1.63. The molecule has 3 aromatic rings. The first kappa shape index (κ1) is 15.6. The fourth-order valence-corrected chi connectivity index (χ4v) is 3.28. The predicted molar refractivity (Wildman–Crippen MR) is 101 cm³/mol. The highest BCUT2D eigenvalue weighted by molar-refractivity contribution is 7.14. The van der Waals surface area contributed by atoms with Crippen LogP contribution in [0.2, 0.25) is 0 Å². The number of nitrogens with zero attached hydrogens (tertiary/aromatic N) is 2. The Morgan fingerprint density at radius 1 is 0.957 bits per heavy atom. The lowest BCUT2D eigenvalue weighted by Crippen LogP contribution is -2.21. The summed E-state index contributed by atoms with van der Waals surface area (Å²) in [5.41, 5.74) is 4.48. The Bertz CT molecular complexity index is 731. The quantitative estimate of drug-likeness (QED) is 0.658. The van der Waals surface area contributed by atoms with Gasteiger partial charge in [-0.15, -0.1) is 11.3 Å². The van der Waals surface area contributed by atoms with Crippen molar-refractivity contribution in [3.8, 4) is 11.3 Å². The topological polar surface area (TPSA) is 28.2 Å². The summed E-state index contributed by atoms with van der Waals surface area (Å²) in [6.45, 7) is 6.40. The standard InChI is InChI=1S/C19H21N3S/c1-3-22(4-2)17-12-10-16(11-13-17)20-19-21-18(14-23-19)15-8-6-5-7-9-15/h5-14H,3-4H2,1-2H3,(H,20,21). The van der Waals surface area contributed by atoms with Gasteiger partial charge in [-0.05, 0) is 38.1 Å². The number of anilines is 3. The van der Waals surface area contributed by atoms with E-state index in [2.05, 4.69) is 70.8 Å². The number of aromatic nitrogens is 1. The molecular formula is C19H21N3S. The van der Waals surface area contributed by atoms with Crippen molar-refractivity contribution >= 4 is 27.8 Å². The van der Waals surface area contributed by atoms with E-state index in [1.807, 2.05) is 18.2 Å². The number of rotatable bonds is 6. The molecule has 0 unspecified atom stereocenters. The van der Waals surface area contributed by atoms with Crippen LogP contribution in [0.1, 0.15) is 13.8 Å². The summed E-state index contributed by atoms with van der Waals surface area (Å²) < 4.78 is 0. The molecule has 0 saturated heterocycles. The number of hydrogen-bond acceptors (Lipinski definition) is 4. The van der Waals surface area contributed by atoms with Crippen molar-refractivity contribution in [2.45, 2.75) is 13.8 Å². The lowest BCUT2D eigenvalue weighted by molar-refractivity contribution is 0.866. The minimum Gasteiger partial charge on any atom is -0.372 e. The molecule has 1 heterocycles. The average molecular weight is 323 g/mol. The van der Waals surface area contributed by atoms with Crippen LogP contribution in [0.25, 0.3) is 11.3 Å². The molecule has 0 amide bonds. The number of nitrogens with one attached hydrogen (secondary N) is 1. The molecule has 4 heteroatoms. The molecule has 0 aliphatic heterocycles. The molecule has 118 valence electrons. The first-order valence-electron chi connectivity index (χ1n) is 7.93. The van der Waals surface area contributed by atoms with Gasteiger partial charge in [0, 0.05) is 35.4 Å². The molecule has 0 bridgehead atoms. The van der Waals surface area contributed by atoms with Crippen molar-refractivity contribution < 1.29 is 0 Å². The van der Waals surface area contributed by atoms with Crippen molar-refractivity contribution in [2.24, 2.45) is 0 Å². The maximum atomic E-state index is 4.66. The predicted octanol–water partition coefficient (Wildman–Crippen LogP) is 5.40. The summed E-state index contributed by atoms with van der Waals surface area (Å²) in [5.74, 6) is 0. The van der Waals surface area contributed by atoms with Crippen LogP contribution in [0.5, 0.6) is 0 Å². The zero-order chi connectivity index (χ0) is 16.1. The monoisotopic (exact) mass is 323 g/mol. The molecule has 1 N–H and O–H groups in total. The van der Waals surface area contributed by atoms with Crippen LogP contribution in [0.3, 0.4) is 0 Å². The van der Waals surface area contributed by atoms with Gasteiger partial charge in [-0.25, -0.2) is 4.98 Å². The van der Waals surface area contributed by atoms with E-state index in [9.17, 15) is 0 Å². The summed E-state index contributed by atoms with van der Waals surface area (Å²) in [6.07, 6.45) is 0. The largest absolute Gasteiger partial charge is 0.372 e. The number of thiazole rings is 1. The van der Waals surface area contributed by atoms with Gasteiger partial charge >= 0.3 is 0 Å². The minimum atomic E-state index is 0.916. The van der Waals surface area contributed by atoms with E-state index in [0.29, 0.717) is 0 Å². The maximum Gasteiger partial charge on any atom is 0.187 e. The second kappa shape index (κ2) is 7.29. The zero-order valence-electron chi connectivity index (χ0n) is 13.5. The molecule has 0 saturated carbocycles. The van der Waals surface area contributed by atoms with Crippen LogP contribution in [-0.2, 0) is 0 Å². The number of hydrogen-bond donors (Lipinski definition) is 1. The van der Waals surface area contributed by atoms with Crippen LogP contribution in [0, 0.1) is 0 Å². The molecule has 0 aliphatic rings. The first-order chi connectivity index (χ1) is 11.3. The Morgan fingerprint density at radius 2 is 1.65 bits per heavy atom. The van der Waals surface area contributed by atoms with Gasteiger partial charge in [0.05, 0.1) is 5.69 Å². The summed E-state index contributed by atoms with van der Waals surface area (Å²) in [5, 5.41) is 6.39. The van der Waals surface area contributed by atoms with Crippen LogP contribution in [0.4, 0.5) is 16.5 Å². The van der Waals surface area contributed by atoms with Crippen LogP contribution in [0.15, 0.2) is 60.0 Å². The molecule has 0 atom stereocenters. The van der Waals surface area contributed by atoms with Crippen molar-refractivity contribution in [3.63, 3.8) is 0 Å². The van der Waals surface area contributed by atoms with E-state index < -0.39 is 0 Å². The van der Waals surface area contributed by atoms with Gasteiger partial charge in [0.25, 0.3) is 0 Å². The molecule has 3 rings (SSSR count). The van der Waals surface area contributed by atoms with Gasteiger partial charge in [0.2, 0.25) is 0 Å². The van der Waals surface area contributed by atoms with Gasteiger partial charge < -0.3 is 10.2 Å². The first-order valence-corrected chi connectivity index (χ1v) is 8.81. The van der Waals surface area contributed by atoms with Gasteiger partial charge in [-0.2, -0.15) is 0 Å². The minimum absolute atomic E-state index is 0.916. The fourth-order valence-electron chi connectivity index (χ4n) is 2.54. The molecular weight excluding hydrogens is 302 g/mol. The molecule has 1 aromatic heterocycles. The summed E-state index contributed by atoms with van der Waals surface area (Å²) in [7, 11) is 0. The lowest BCUT2D eigenvalue weighted by Gasteiger charge is -2.21.